The van der Waals surface area contributed by atoms with E-state index >= 15 is 0 Å². The van der Waals surface area contributed by atoms with Crippen LogP contribution in [0.25, 0.3) is 0 Å². The fraction of sp³-hybridized carbons (Fsp3) is 0.400. The Morgan fingerprint density at radius 1 is 1.29 bits per heavy atom. The monoisotopic (exact) mass is 385 g/mol. The summed E-state index contributed by atoms with van der Waals surface area (Å²) in [5.74, 6) is 0.956. The molecule has 1 rings (SSSR count). The molecular weight excluding hydrogens is 374 g/mol. The molecule has 0 spiro atoms. The van der Waals surface area contributed by atoms with E-state index < -0.39 is 10.0 Å². The number of sulfonamides is 1. The predicted molar refractivity (Wildman–Crippen MR) is 73.5 cm³/mol. The third-order valence-electron chi connectivity index (χ3n) is 1.86. The van der Waals surface area contributed by atoms with E-state index in [1.165, 1.54) is 12.1 Å². The molecule has 0 aromatic heterocycles. The van der Waals surface area contributed by atoms with E-state index in [1.54, 1.807) is 0 Å². The summed E-state index contributed by atoms with van der Waals surface area (Å²) in [5, 5.41) is 5.06. The predicted octanol–water partition coefficient (Wildman–Crippen LogP) is 2.89. The Morgan fingerprint density at radius 2 is 1.76 bits per heavy atom. The van der Waals surface area contributed by atoms with Crippen molar-refractivity contribution < 1.29 is 13.2 Å². The summed E-state index contributed by atoms with van der Waals surface area (Å²) in [5.41, 5.74) is 0. The van der Waals surface area contributed by atoms with E-state index in [1.807, 2.05) is 13.8 Å². The second-order valence-electron chi connectivity index (χ2n) is 3.97. The molecule has 0 aliphatic carbocycles. The minimum atomic E-state index is -3.71. The highest BCUT2D eigenvalue weighted by Crippen LogP contribution is 2.36. The fourth-order valence-electron chi connectivity index (χ4n) is 1.09. The first-order chi connectivity index (χ1) is 7.71. The Kier molecular flexibility index (Phi) is 5.00. The van der Waals surface area contributed by atoms with Gasteiger partial charge in [0, 0.05) is 0 Å². The second kappa shape index (κ2) is 5.69. The van der Waals surface area contributed by atoms with Gasteiger partial charge in [-0.1, -0.05) is 13.8 Å². The molecular formula is C10H13Br2NO3S. The molecule has 2 N–H and O–H groups in total. The van der Waals surface area contributed by atoms with Crippen LogP contribution in [0.2, 0.25) is 0 Å². The molecule has 0 aliphatic heterocycles. The van der Waals surface area contributed by atoms with Crippen molar-refractivity contribution in [2.24, 2.45) is 11.1 Å². The summed E-state index contributed by atoms with van der Waals surface area (Å²) in [7, 11) is -3.71. The van der Waals surface area contributed by atoms with E-state index in [2.05, 4.69) is 31.9 Å². The number of nitrogens with two attached hydrogens (primary N) is 1. The molecule has 4 nitrogen and oxygen atoms in total. The van der Waals surface area contributed by atoms with Gasteiger partial charge in [-0.3, -0.25) is 0 Å². The van der Waals surface area contributed by atoms with Crippen LogP contribution in [0.15, 0.2) is 26.0 Å². The normalized spacial score (nSPS) is 11.9. The molecule has 1 aromatic carbocycles. The van der Waals surface area contributed by atoms with Crippen LogP contribution in [0.1, 0.15) is 13.8 Å². The zero-order valence-corrected chi connectivity index (χ0v) is 13.4. The summed E-state index contributed by atoms with van der Waals surface area (Å²) in [6.07, 6.45) is 0. The minimum absolute atomic E-state index is 0.0353. The zero-order chi connectivity index (χ0) is 13.2. The van der Waals surface area contributed by atoms with Gasteiger partial charge < -0.3 is 4.74 Å². The maximum absolute atomic E-state index is 11.2. The number of hydrogen-bond acceptors (Lipinski definition) is 3. The smallest absolute Gasteiger partial charge is 0.238 e. The van der Waals surface area contributed by atoms with Crippen LogP contribution < -0.4 is 9.88 Å². The molecule has 17 heavy (non-hydrogen) atoms. The van der Waals surface area contributed by atoms with Crippen molar-refractivity contribution in [3.8, 4) is 5.75 Å². The Balaban J connectivity index is 3.11. The van der Waals surface area contributed by atoms with Crippen molar-refractivity contribution in [2.75, 3.05) is 6.61 Å². The summed E-state index contributed by atoms with van der Waals surface area (Å²) < 4.78 is 29.1. The molecule has 7 heteroatoms. The van der Waals surface area contributed by atoms with E-state index in [0.29, 0.717) is 27.2 Å². The van der Waals surface area contributed by atoms with E-state index in [-0.39, 0.29) is 4.90 Å². The minimum Gasteiger partial charge on any atom is -0.491 e. The van der Waals surface area contributed by atoms with Crippen molar-refractivity contribution in [3.05, 3.63) is 21.1 Å². The molecule has 0 radical (unpaired) electrons. The highest BCUT2D eigenvalue weighted by atomic mass is 79.9. The SMILES string of the molecule is CC(C)COc1c(Br)cc(S(N)(=O)=O)cc1Br. The summed E-state index contributed by atoms with van der Waals surface area (Å²) in [6.45, 7) is 4.60. The first-order valence-electron chi connectivity index (χ1n) is 4.86. The first kappa shape index (κ1) is 14.9. The van der Waals surface area contributed by atoms with Gasteiger partial charge in [-0.15, -0.1) is 0 Å². The third kappa shape index (κ3) is 4.24. The maximum Gasteiger partial charge on any atom is 0.238 e. The van der Waals surface area contributed by atoms with Crippen molar-refractivity contribution in [1.29, 1.82) is 0 Å². The van der Waals surface area contributed by atoms with Gasteiger partial charge in [-0.05, 0) is 49.9 Å². The molecule has 0 unspecified atom stereocenters. The van der Waals surface area contributed by atoms with Crippen molar-refractivity contribution in [3.63, 3.8) is 0 Å². The van der Waals surface area contributed by atoms with Crippen LogP contribution in [-0.4, -0.2) is 15.0 Å². The lowest BCUT2D eigenvalue weighted by Crippen LogP contribution is -2.12. The van der Waals surface area contributed by atoms with Crippen molar-refractivity contribution in [2.45, 2.75) is 18.7 Å². The van der Waals surface area contributed by atoms with Gasteiger partial charge in [-0.25, -0.2) is 13.6 Å². The van der Waals surface area contributed by atoms with Crippen LogP contribution in [0, 0.1) is 5.92 Å². The molecule has 96 valence electrons. The molecule has 0 aliphatic rings. The number of benzene rings is 1. The van der Waals surface area contributed by atoms with Crippen LogP contribution in [0.5, 0.6) is 5.75 Å². The number of halogens is 2. The van der Waals surface area contributed by atoms with E-state index in [4.69, 9.17) is 9.88 Å². The Labute approximate surface area is 118 Å². The fourth-order valence-corrected chi connectivity index (χ4v) is 3.37. The zero-order valence-electron chi connectivity index (χ0n) is 9.41. The summed E-state index contributed by atoms with van der Waals surface area (Å²) in [4.78, 5) is 0.0353. The highest BCUT2D eigenvalue weighted by molar-refractivity contribution is 9.11. The van der Waals surface area contributed by atoms with Gasteiger partial charge in [0.2, 0.25) is 10.0 Å². The third-order valence-corrected chi connectivity index (χ3v) is 3.93. The van der Waals surface area contributed by atoms with E-state index in [0.717, 1.165) is 0 Å². The Bertz CT molecular complexity index is 491. The van der Waals surface area contributed by atoms with Crippen molar-refractivity contribution >= 4 is 41.9 Å². The van der Waals surface area contributed by atoms with Gasteiger partial charge in [0.05, 0.1) is 20.4 Å². The molecule has 0 bridgehead atoms. The number of primary sulfonamides is 1. The first-order valence-corrected chi connectivity index (χ1v) is 7.99. The number of hydrogen-bond donors (Lipinski definition) is 1. The molecule has 0 saturated heterocycles. The summed E-state index contributed by atoms with van der Waals surface area (Å²) >= 11 is 6.53. The highest BCUT2D eigenvalue weighted by Gasteiger charge is 2.15. The van der Waals surface area contributed by atoms with Gasteiger partial charge in [0.25, 0.3) is 0 Å². The second-order valence-corrected chi connectivity index (χ2v) is 7.24. The topological polar surface area (TPSA) is 69.4 Å². The maximum atomic E-state index is 11.2. The molecule has 1 aromatic rings. The number of ether oxygens (including phenoxy) is 1. The lowest BCUT2D eigenvalue weighted by Gasteiger charge is -2.13. The largest absolute Gasteiger partial charge is 0.491 e. The lowest BCUT2D eigenvalue weighted by atomic mass is 10.2. The average molecular weight is 387 g/mol. The Morgan fingerprint density at radius 3 is 2.12 bits per heavy atom. The lowest BCUT2D eigenvalue weighted by molar-refractivity contribution is 0.267. The van der Waals surface area contributed by atoms with Gasteiger partial charge in [-0.2, -0.15) is 0 Å². The van der Waals surface area contributed by atoms with Gasteiger partial charge >= 0.3 is 0 Å². The van der Waals surface area contributed by atoms with Gasteiger partial charge in [0.1, 0.15) is 5.75 Å². The molecule has 0 atom stereocenters. The quantitative estimate of drug-likeness (QED) is 0.864. The summed E-state index contributed by atoms with van der Waals surface area (Å²) in [6, 6.07) is 2.85. The standard InChI is InChI=1S/C10H13Br2NO3S/c1-6(2)5-16-10-8(11)3-7(4-9(10)12)17(13,14)15/h3-4,6H,5H2,1-2H3,(H2,13,14,15). The van der Waals surface area contributed by atoms with Crippen LogP contribution in [0.4, 0.5) is 0 Å². The van der Waals surface area contributed by atoms with Crippen LogP contribution in [-0.2, 0) is 10.0 Å². The molecule has 0 saturated carbocycles. The van der Waals surface area contributed by atoms with Crippen molar-refractivity contribution in [1.82, 2.24) is 0 Å². The van der Waals surface area contributed by atoms with Crippen LogP contribution >= 0.6 is 31.9 Å². The van der Waals surface area contributed by atoms with Crippen LogP contribution in [0.3, 0.4) is 0 Å². The molecule has 0 amide bonds. The number of rotatable bonds is 4. The average Bonchev–Trinajstić information content (AvgIpc) is 2.14. The Hall–Kier alpha value is -0.110. The molecule has 0 fully saturated rings. The molecule has 0 heterocycles. The van der Waals surface area contributed by atoms with E-state index in [9.17, 15) is 8.42 Å². The van der Waals surface area contributed by atoms with Gasteiger partial charge in [0.15, 0.2) is 0 Å².